The van der Waals surface area contributed by atoms with E-state index in [1.165, 1.54) is 10.9 Å². The Hall–Kier alpha value is -1.65. The van der Waals surface area contributed by atoms with Crippen LogP contribution < -0.4 is 11.1 Å². The van der Waals surface area contributed by atoms with Gasteiger partial charge in [0.2, 0.25) is 0 Å². The molecule has 0 radical (unpaired) electrons. The van der Waals surface area contributed by atoms with Crippen molar-refractivity contribution in [3.8, 4) is 11.3 Å². The minimum Gasteiger partial charge on any atom is -0.329 e. The molecule has 0 aliphatic rings. The maximum atomic E-state index is 5.48. The molecule has 0 aliphatic carbocycles. The smallest absolute Gasteiger partial charge is 0.0709 e. The van der Waals surface area contributed by atoms with Crippen molar-refractivity contribution in [2.45, 2.75) is 6.54 Å². The molecule has 0 atom stereocenters. The lowest BCUT2D eigenvalue weighted by molar-refractivity contribution is 0.695. The van der Waals surface area contributed by atoms with Crippen LogP contribution in [0.4, 0.5) is 0 Å². The molecule has 5 heteroatoms. The number of rotatable bonds is 5. The van der Waals surface area contributed by atoms with Crippen LogP contribution in [0.1, 0.15) is 5.56 Å². The predicted molar refractivity (Wildman–Crippen MR) is 102 cm³/mol. The molecule has 1 aromatic heterocycles. The fraction of sp³-hybridized carbons (Fsp3) is 0.167. The van der Waals surface area contributed by atoms with Gasteiger partial charge < -0.3 is 11.1 Å². The van der Waals surface area contributed by atoms with Gasteiger partial charge in [0.25, 0.3) is 0 Å². The second-order valence-corrected chi connectivity index (χ2v) is 5.06. The number of halogens is 2. The summed E-state index contributed by atoms with van der Waals surface area (Å²) in [4.78, 5) is 4.74. The molecule has 3 rings (SSSR count). The zero-order valence-corrected chi connectivity index (χ0v) is 14.4. The summed E-state index contributed by atoms with van der Waals surface area (Å²) in [6.45, 7) is 2.34. The lowest BCUT2D eigenvalue weighted by atomic mass is 10.1. The van der Waals surface area contributed by atoms with E-state index in [0.29, 0.717) is 6.54 Å². The van der Waals surface area contributed by atoms with Crippen LogP contribution in [-0.4, -0.2) is 18.1 Å². The second kappa shape index (κ2) is 9.48. The summed E-state index contributed by atoms with van der Waals surface area (Å²) in [7, 11) is 0. The molecule has 3 nitrogen and oxygen atoms in total. The molecule has 23 heavy (non-hydrogen) atoms. The first-order chi connectivity index (χ1) is 10.4. The molecular weight excluding hydrogens is 329 g/mol. The molecule has 122 valence electrons. The highest BCUT2D eigenvalue weighted by molar-refractivity contribution is 5.85. The molecule has 3 aromatic rings. The third kappa shape index (κ3) is 4.91. The van der Waals surface area contributed by atoms with Crippen molar-refractivity contribution in [1.29, 1.82) is 0 Å². The van der Waals surface area contributed by atoms with Gasteiger partial charge in [0.05, 0.1) is 11.2 Å². The van der Waals surface area contributed by atoms with E-state index in [0.717, 1.165) is 29.9 Å². The largest absolute Gasteiger partial charge is 0.329 e. The zero-order chi connectivity index (χ0) is 14.5. The Labute approximate surface area is 149 Å². The number of nitrogens with zero attached hydrogens (tertiary/aromatic N) is 1. The Kier molecular flexibility index (Phi) is 8.00. The standard InChI is InChI=1S/C18H19N3.2ClH/c19-10-11-20-13-14-6-8-18-16(12-14)7-9-17(21-18)15-4-2-1-3-5-15;;/h1-9,12,20H,10-11,13,19H2;2*1H. The summed E-state index contributed by atoms with van der Waals surface area (Å²) in [6, 6.07) is 20.9. The fourth-order valence-corrected chi connectivity index (χ4v) is 2.39. The van der Waals surface area contributed by atoms with Crippen molar-refractivity contribution in [2.75, 3.05) is 13.1 Å². The Morgan fingerprint density at radius 3 is 2.43 bits per heavy atom. The van der Waals surface area contributed by atoms with Crippen molar-refractivity contribution < 1.29 is 0 Å². The van der Waals surface area contributed by atoms with Crippen LogP contribution in [0.5, 0.6) is 0 Å². The van der Waals surface area contributed by atoms with E-state index in [-0.39, 0.29) is 24.8 Å². The Balaban J connectivity index is 0.00000132. The van der Waals surface area contributed by atoms with Crippen LogP contribution in [-0.2, 0) is 6.54 Å². The average molecular weight is 350 g/mol. The summed E-state index contributed by atoms with van der Waals surface area (Å²) in [5.74, 6) is 0. The third-order valence-electron chi connectivity index (χ3n) is 3.47. The third-order valence-corrected chi connectivity index (χ3v) is 3.47. The second-order valence-electron chi connectivity index (χ2n) is 5.06. The van der Waals surface area contributed by atoms with Crippen LogP contribution in [0.25, 0.3) is 22.2 Å². The maximum Gasteiger partial charge on any atom is 0.0709 e. The van der Waals surface area contributed by atoms with E-state index in [2.05, 4.69) is 47.8 Å². The number of nitrogens with one attached hydrogen (secondary N) is 1. The van der Waals surface area contributed by atoms with Crippen LogP contribution in [0.2, 0.25) is 0 Å². The number of hydrogen-bond donors (Lipinski definition) is 2. The highest BCUT2D eigenvalue weighted by Crippen LogP contribution is 2.21. The van der Waals surface area contributed by atoms with E-state index in [9.17, 15) is 0 Å². The van der Waals surface area contributed by atoms with Crippen molar-refractivity contribution in [3.63, 3.8) is 0 Å². The molecule has 0 fully saturated rings. The van der Waals surface area contributed by atoms with E-state index in [4.69, 9.17) is 10.7 Å². The van der Waals surface area contributed by atoms with Crippen molar-refractivity contribution in [1.82, 2.24) is 10.3 Å². The van der Waals surface area contributed by atoms with Crippen LogP contribution in [0, 0.1) is 0 Å². The van der Waals surface area contributed by atoms with Gasteiger partial charge in [-0.25, -0.2) is 4.98 Å². The van der Waals surface area contributed by atoms with E-state index < -0.39 is 0 Å². The minimum absolute atomic E-state index is 0. The van der Waals surface area contributed by atoms with Crippen molar-refractivity contribution in [2.24, 2.45) is 5.73 Å². The van der Waals surface area contributed by atoms with Crippen molar-refractivity contribution in [3.05, 3.63) is 66.2 Å². The number of nitrogens with two attached hydrogens (primary N) is 1. The maximum absolute atomic E-state index is 5.48. The van der Waals surface area contributed by atoms with Gasteiger partial charge in [-0.1, -0.05) is 42.5 Å². The molecule has 0 unspecified atom stereocenters. The summed E-state index contributed by atoms with van der Waals surface area (Å²) in [5.41, 5.74) is 9.92. The predicted octanol–water partition coefficient (Wildman–Crippen LogP) is 3.79. The molecule has 3 N–H and O–H groups in total. The van der Waals surface area contributed by atoms with Crippen LogP contribution in [0.3, 0.4) is 0 Å². The molecular formula is C18H21Cl2N3. The number of fused-ring (bicyclic) bond motifs is 1. The summed E-state index contributed by atoms with van der Waals surface area (Å²) in [5, 5.41) is 4.48. The summed E-state index contributed by atoms with van der Waals surface area (Å²) >= 11 is 0. The molecule has 0 aliphatic heterocycles. The van der Waals surface area contributed by atoms with Crippen LogP contribution in [0.15, 0.2) is 60.7 Å². The first-order valence-electron chi connectivity index (χ1n) is 7.23. The lowest BCUT2D eigenvalue weighted by Gasteiger charge is -2.06. The van der Waals surface area contributed by atoms with Gasteiger partial charge in [-0.2, -0.15) is 0 Å². The molecule has 0 saturated carbocycles. The SMILES string of the molecule is Cl.Cl.NCCNCc1ccc2nc(-c3ccccc3)ccc2c1. The van der Waals surface area contributed by atoms with E-state index >= 15 is 0 Å². The lowest BCUT2D eigenvalue weighted by Crippen LogP contribution is -2.21. The van der Waals surface area contributed by atoms with Gasteiger partial charge in [0.1, 0.15) is 0 Å². The monoisotopic (exact) mass is 349 g/mol. The molecule has 0 saturated heterocycles. The Morgan fingerprint density at radius 2 is 1.70 bits per heavy atom. The average Bonchev–Trinajstić information content (AvgIpc) is 2.55. The number of hydrogen-bond acceptors (Lipinski definition) is 3. The van der Waals surface area contributed by atoms with Gasteiger partial charge in [-0.05, 0) is 23.8 Å². The van der Waals surface area contributed by atoms with Gasteiger partial charge >= 0.3 is 0 Å². The molecule has 1 heterocycles. The van der Waals surface area contributed by atoms with Crippen molar-refractivity contribution >= 4 is 35.7 Å². The Morgan fingerprint density at radius 1 is 0.913 bits per heavy atom. The number of aromatic nitrogens is 1. The normalized spacial score (nSPS) is 9.96. The van der Waals surface area contributed by atoms with Gasteiger partial charge in [0, 0.05) is 30.6 Å². The molecule has 0 amide bonds. The molecule has 0 spiro atoms. The van der Waals surface area contributed by atoms with E-state index in [1.54, 1.807) is 0 Å². The zero-order valence-electron chi connectivity index (χ0n) is 12.7. The first kappa shape index (κ1) is 19.4. The van der Waals surface area contributed by atoms with Gasteiger partial charge in [0.15, 0.2) is 0 Å². The summed E-state index contributed by atoms with van der Waals surface area (Å²) in [6.07, 6.45) is 0. The Bertz CT molecular complexity index is 733. The summed E-state index contributed by atoms with van der Waals surface area (Å²) < 4.78 is 0. The van der Waals surface area contributed by atoms with Crippen LogP contribution >= 0.6 is 24.8 Å². The minimum atomic E-state index is 0. The molecule has 2 aromatic carbocycles. The van der Waals surface area contributed by atoms with Gasteiger partial charge in [-0.15, -0.1) is 24.8 Å². The number of pyridine rings is 1. The first-order valence-corrected chi connectivity index (χ1v) is 7.23. The highest BCUT2D eigenvalue weighted by atomic mass is 35.5. The van der Waals surface area contributed by atoms with E-state index in [1.807, 2.05) is 18.2 Å². The van der Waals surface area contributed by atoms with Gasteiger partial charge in [-0.3, -0.25) is 0 Å². The number of benzene rings is 2. The molecule has 0 bridgehead atoms. The fourth-order valence-electron chi connectivity index (χ4n) is 2.39. The highest BCUT2D eigenvalue weighted by Gasteiger charge is 2.02. The topological polar surface area (TPSA) is 50.9 Å². The quantitative estimate of drug-likeness (QED) is 0.689.